The van der Waals surface area contributed by atoms with E-state index in [-0.39, 0.29) is 18.7 Å². The van der Waals surface area contributed by atoms with Crippen LogP contribution in [0.25, 0.3) is 0 Å². The summed E-state index contributed by atoms with van der Waals surface area (Å²) in [6, 6.07) is 14.3. The predicted molar refractivity (Wildman–Crippen MR) is 90.6 cm³/mol. The first-order valence-corrected chi connectivity index (χ1v) is 8.04. The molecule has 0 bridgehead atoms. The zero-order valence-electron chi connectivity index (χ0n) is 13.8. The third-order valence-corrected chi connectivity index (χ3v) is 4.30. The van der Waals surface area contributed by atoms with E-state index in [4.69, 9.17) is 9.47 Å². The van der Waals surface area contributed by atoms with Gasteiger partial charge in [0, 0.05) is 18.6 Å². The number of nitro benzene ring substituents is 1. The molecule has 0 saturated carbocycles. The maximum atomic E-state index is 10.7. The fraction of sp³-hybridized carbons (Fsp3) is 0.333. The van der Waals surface area contributed by atoms with E-state index in [1.54, 1.807) is 24.3 Å². The highest BCUT2D eigenvalue weighted by molar-refractivity contribution is 5.33. The van der Waals surface area contributed by atoms with Crippen LogP contribution in [0.5, 0.6) is 5.75 Å². The average Bonchev–Trinajstić information content (AvgIpc) is 2.64. The second-order valence-corrected chi connectivity index (χ2v) is 6.25. The Morgan fingerprint density at radius 2 is 1.81 bits per heavy atom. The quantitative estimate of drug-likeness (QED) is 0.537. The molecule has 1 aliphatic rings. The molecule has 1 saturated heterocycles. The molecule has 0 amide bonds. The summed E-state index contributed by atoms with van der Waals surface area (Å²) in [6.07, 6.45) is -4.14. The zero-order chi connectivity index (χ0) is 18.7. The molecule has 8 nitrogen and oxygen atoms in total. The molecule has 3 rings (SSSR count). The molecule has 4 atom stereocenters. The first kappa shape index (κ1) is 18.3. The molecular weight excluding hydrogens is 342 g/mol. The van der Waals surface area contributed by atoms with Crippen molar-refractivity contribution in [3.05, 3.63) is 70.3 Å². The van der Waals surface area contributed by atoms with Gasteiger partial charge in [0.15, 0.2) is 0 Å². The van der Waals surface area contributed by atoms with Gasteiger partial charge < -0.3 is 24.8 Å². The molecule has 8 heteroatoms. The molecule has 1 aliphatic heterocycles. The Kier molecular flexibility index (Phi) is 5.19. The number of rotatable bonds is 5. The molecule has 1 fully saturated rings. The number of hydrogen-bond acceptors (Lipinski definition) is 7. The number of aliphatic hydroxyl groups is 3. The lowest BCUT2D eigenvalue weighted by molar-refractivity contribution is -0.384. The molecule has 26 heavy (non-hydrogen) atoms. The van der Waals surface area contributed by atoms with Gasteiger partial charge in [0.05, 0.1) is 11.5 Å². The minimum Gasteiger partial charge on any atom is -0.462 e. The van der Waals surface area contributed by atoms with E-state index in [0.717, 1.165) is 0 Å². The molecule has 2 aromatic rings. The minimum atomic E-state index is -1.74. The monoisotopic (exact) mass is 361 g/mol. The maximum Gasteiger partial charge on any atom is 0.269 e. The number of para-hydroxylation sites is 1. The Bertz CT molecular complexity index is 752. The Morgan fingerprint density at radius 3 is 2.42 bits per heavy atom. The van der Waals surface area contributed by atoms with Gasteiger partial charge in [0.2, 0.25) is 6.29 Å². The summed E-state index contributed by atoms with van der Waals surface area (Å²) >= 11 is 0. The van der Waals surface area contributed by atoms with E-state index in [1.165, 1.54) is 24.3 Å². The van der Waals surface area contributed by atoms with Gasteiger partial charge in [0.25, 0.3) is 5.69 Å². The van der Waals surface area contributed by atoms with Crippen LogP contribution >= 0.6 is 0 Å². The highest BCUT2D eigenvalue weighted by Gasteiger charge is 2.49. The van der Waals surface area contributed by atoms with E-state index in [1.807, 2.05) is 6.07 Å². The van der Waals surface area contributed by atoms with Crippen molar-refractivity contribution >= 4 is 5.69 Å². The lowest BCUT2D eigenvalue weighted by Gasteiger charge is -2.43. The van der Waals surface area contributed by atoms with Crippen LogP contribution in [0.15, 0.2) is 54.6 Å². The molecule has 0 spiro atoms. The van der Waals surface area contributed by atoms with E-state index in [0.29, 0.717) is 11.3 Å². The van der Waals surface area contributed by atoms with Gasteiger partial charge in [0.1, 0.15) is 23.6 Å². The van der Waals surface area contributed by atoms with E-state index in [2.05, 4.69) is 0 Å². The largest absolute Gasteiger partial charge is 0.462 e. The smallest absolute Gasteiger partial charge is 0.269 e. The van der Waals surface area contributed by atoms with Crippen LogP contribution in [0.3, 0.4) is 0 Å². The first-order chi connectivity index (χ1) is 12.4. The fourth-order valence-electron chi connectivity index (χ4n) is 2.86. The SMILES string of the molecule is O=[N+]([O-])c1ccc(C[C@@]2(O)CO[C@@H](Oc3ccccc3)[C@H](O)[C@H]2O)cc1. The van der Waals surface area contributed by atoms with Crippen LogP contribution in [0.4, 0.5) is 5.69 Å². The van der Waals surface area contributed by atoms with E-state index >= 15 is 0 Å². The van der Waals surface area contributed by atoms with Gasteiger partial charge in [-0.05, 0) is 17.7 Å². The molecule has 0 radical (unpaired) electrons. The number of ether oxygens (including phenoxy) is 2. The molecule has 0 unspecified atom stereocenters. The minimum absolute atomic E-state index is 0.0404. The molecule has 2 aromatic carbocycles. The summed E-state index contributed by atoms with van der Waals surface area (Å²) in [5, 5.41) is 42.1. The van der Waals surface area contributed by atoms with Crippen molar-refractivity contribution in [1.29, 1.82) is 0 Å². The van der Waals surface area contributed by atoms with Gasteiger partial charge >= 0.3 is 0 Å². The normalized spacial score (nSPS) is 28.5. The number of non-ortho nitro benzene ring substituents is 1. The molecule has 138 valence electrons. The summed E-state index contributed by atoms with van der Waals surface area (Å²) < 4.78 is 10.9. The summed E-state index contributed by atoms with van der Waals surface area (Å²) in [5.41, 5.74) is -1.25. The molecule has 0 aromatic heterocycles. The van der Waals surface area contributed by atoms with Crippen LogP contribution in [-0.4, -0.2) is 50.9 Å². The Balaban J connectivity index is 1.68. The zero-order valence-corrected chi connectivity index (χ0v) is 13.8. The third kappa shape index (κ3) is 3.83. The Hall–Kier alpha value is -2.52. The van der Waals surface area contributed by atoms with Crippen molar-refractivity contribution in [2.75, 3.05) is 6.61 Å². The van der Waals surface area contributed by atoms with Gasteiger partial charge in [-0.3, -0.25) is 10.1 Å². The number of benzene rings is 2. The topological polar surface area (TPSA) is 122 Å². The Labute approximate surface area is 149 Å². The first-order valence-electron chi connectivity index (χ1n) is 8.04. The predicted octanol–water partition coefficient (Wildman–Crippen LogP) is 1.03. The molecule has 1 heterocycles. The second kappa shape index (κ2) is 7.38. The van der Waals surface area contributed by atoms with Gasteiger partial charge in [-0.1, -0.05) is 30.3 Å². The summed E-state index contributed by atoms with van der Waals surface area (Å²) in [6.45, 7) is -0.264. The van der Waals surface area contributed by atoms with Crippen LogP contribution < -0.4 is 4.74 Å². The lowest BCUT2D eigenvalue weighted by Crippen LogP contribution is -2.63. The lowest BCUT2D eigenvalue weighted by atomic mass is 9.85. The summed E-state index contributed by atoms with van der Waals surface area (Å²) in [7, 11) is 0. The van der Waals surface area contributed by atoms with Crippen LogP contribution in [0.1, 0.15) is 5.56 Å². The number of nitro groups is 1. The molecule has 0 aliphatic carbocycles. The van der Waals surface area contributed by atoms with Crippen molar-refractivity contribution in [2.45, 2.75) is 30.5 Å². The fourth-order valence-corrected chi connectivity index (χ4v) is 2.86. The van der Waals surface area contributed by atoms with Gasteiger partial charge in [-0.2, -0.15) is 0 Å². The Morgan fingerprint density at radius 1 is 1.15 bits per heavy atom. The van der Waals surface area contributed by atoms with Crippen molar-refractivity contribution in [3.63, 3.8) is 0 Å². The van der Waals surface area contributed by atoms with Crippen LogP contribution in [0.2, 0.25) is 0 Å². The summed E-state index contributed by atoms with van der Waals surface area (Å²) in [4.78, 5) is 10.2. The average molecular weight is 361 g/mol. The number of aliphatic hydroxyl groups excluding tert-OH is 2. The van der Waals surface area contributed by atoms with Crippen molar-refractivity contribution in [1.82, 2.24) is 0 Å². The summed E-state index contributed by atoms with van der Waals surface area (Å²) in [5.74, 6) is 0.463. The highest BCUT2D eigenvalue weighted by atomic mass is 16.7. The second-order valence-electron chi connectivity index (χ2n) is 6.25. The van der Waals surface area contributed by atoms with Crippen LogP contribution in [-0.2, 0) is 11.2 Å². The number of hydrogen-bond donors (Lipinski definition) is 3. The number of nitrogens with zero attached hydrogens (tertiary/aromatic N) is 1. The maximum absolute atomic E-state index is 10.7. The highest BCUT2D eigenvalue weighted by Crippen LogP contribution is 2.29. The van der Waals surface area contributed by atoms with Crippen molar-refractivity contribution in [3.8, 4) is 5.75 Å². The van der Waals surface area contributed by atoms with Gasteiger partial charge in [-0.15, -0.1) is 0 Å². The van der Waals surface area contributed by atoms with E-state index < -0.39 is 29.0 Å². The standard InChI is InChI=1S/C18H19NO7/c20-15-16(21)18(22,10-12-6-8-13(9-7-12)19(23)24)11-25-17(15)26-14-4-2-1-3-5-14/h1-9,15-17,20-22H,10-11H2/t15-,16-,17+,18-/m1/s1. The van der Waals surface area contributed by atoms with Gasteiger partial charge in [-0.25, -0.2) is 0 Å². The van der Waals surface area contributed by atoms with E-state index in [9.17, 15) is 25.4 Å². The molecule has 3 N–H and O–H groups in total. The molecular formula is C18H19NO7. The van der Waals surface area contributed by atoms with Crippen molar-refractivity contribution in [2.24, 2.45) is 0 Å². The van der Waals surface area contributed by atoms with Crippen LogP contribution in [0, 0.1) is 10.1 Å². The van der Waals surface area contributed by atoms with Crippen molar-refractivity contribution < 1.29 is 29.7 Å². The third-order valence-electron chi connectivity index (χ3n) is 4.30.